The number of carbonyl (C=O) groups excluding carboxylic acids is 4. The number of hydrogen-bond acceptors (Lipinski definition) is 12. The van der Waals surface area contributed by atoms with Gasteiger partial charge in [-0.25, -0.2) is 19.2 Å². The van der Waals surface area contributed by atoms with Gasteiger partial charge >= 0.3 is 31.2 Å². The van der Waals surface area contributed by atoms with Crippen molar-refractivity contribution < 1.29 is 38.2 Å². The van der Waals surface area contributed by atoms with Gasteiger partial charge in [0.05, 0.1) is 55.4 Å². The molecule has 102 heavy (non-hydrogen) atoms. The summed E-state index contributed by atoms with van der Waals surface area (Å²) in [6.45, 7) is 23.9. The van der Waals surface area contributed by atoms with Crippen molar-refractivity contribution in [2.45, 2.75) is 70.0 Å². The van der Waals surface area contributed by atoms with Gasteiger partial charge in [-0.1, -0.05) is 113 Å². The maximum Gasteiger partial charge on any atom is 0.494 e. The number of rotatable bonds is 14. The molecule has 23 heteroatoms. The second kappa shape index (κ2) is 33.4. The van der Waals surface area contributed by atoms with Crippen molar-refractivity contribution in [1.82, 2.24) is 59.5 Å². The number of urea groups is 4. The van der Waals surface area contributed by atoms with Crippen molar-refractivity contribution in [3.8, 4) is 0 Å². The molecule has 526 valence electrons. The topological polar surface area (TPSA) is 183 Å². The second-order valence-electron chi connectivity index (χ2n) is 26.2. The van der Waals surface area contributed by atoms with Crippen LogP contribution in [-0.4, -0.2) is 206 Å². The van der Waals surface area contributed by atoms with Crippen LogP contribution in [-0.2, 0) is 19.0 Å². The van der Waals surface area contributed by atoms with Crippen LogP contribution in [0, 0.1) is 0 Å². The summed E-state index contributed by atoms with van der Waals surface area (Å²) in [5, 5.41) is 7.05. The number of likely N-dealkylation sites (N-methyl/N-ethyl adjacent to an activating group) is 2. The van der Waals surface area contributed by atoms with Crippen LogP contribution < -0.4 is 21.4 Å². The molecule has 0 saturated carbocycles. The van der Waals surface area contributed by atoms with Crippen LogP contribution in [0.15, 0.2) is 255 Å². The third-order valence-corrected chi connectivity index (χ3v) is 24.4. The molecule has 8 bridgehead atoms. The number of hydrogen-bond donors (Lipinski definition) is 0. The molecule has 4 atom stereocenters. The van der Waals surface area contributed by atoms with Gasteiger partial charge < -0.3 is 38.7 Å². The Bertz CT molecular complexity index is 4000. The molecule has 5 saturated heterocycles. The molecule has 16 rings (SSSR count). The summed E-state index contributed by atoms with van der Waals surface area (Å²) >= 11 is 3.44. The van der Waals surface area contributed by atoms with Crippen molar-refractivity contribution in [3.63, 3.8) is 0 Å². The Kier molecular flexibility index (Phi) is 24.1. The van der Waals surface area contributed by atoms with E-state index >= 15 is 0 Å². The predicted molar refractivity (Wildman–Crippen MR) is 408 cm³/mol. The average molecular weight is 1460 g/mol. The van der Waals surface area contributed by atoms with E-state index in [-0.39, 0.29) is 66.6 Å². The van der Waals surface area contributed by atoms with Crippen LogP contribution in [0.3, 0.4) is 0 Å². The molecule has 9 aliphatic rings. The molecule has 0 radical (unpaired) electrons. The van der Waals surface area contributed by atoms with Crippen molar-refractivity contribution in [2.24, 2.45) is 0 Å². The molecule has 4 unspecified atom stereocenters. The number of aromatic nitrogens is 4. The third-order valence-electron chi connectivity index (χ3n) is 19.4. The molecule has 0 N–H and O–H groups in total. The number of amides is 8. The largest absolute Gasteiger partial charge is 0.494 e. The second-order valence-corrected chi connectivity index (χ2v) is 30.4. The third kappa shape index (κ3) is 16.1. The van der Waals surface area contributed by atoms with Crippen molar-refractivity contribution in [1.29, 1.82) is 0 Å². The summed E-state index contributed by atoms with van der Waals surface area (Å²) in [6, 6.07) is 48.8. The molecule has 7 aromatic rings. The highest BCUT2D eigenvalue weighted by atomic mass is 79.9. The quantitative estimate of drug-likeness (QED) is 0.0571. The van der Waals surface area contributed by atoms with Gasteiger partial charge in [0.1, 0.15) is 35.3 Å². The Balaban J connectivity index is 0.000000124. The highest BCUT2D eigenvalue weighted by Crippen LogP contribution is 2.57. The normalized spacial score (nSPS) is 20.8. The Morgan fingerprint density at radius 2 is 0.804 bits per heavy atom. The van der Waals surface area contributed by atoms with Gasteiger partial charge in [-0.15, -0.1) is 13.2 Å². The summed E-state index contributed by atoms with van der Waals surface area (Å²) in [7, 11) is 1.72. The van der Waals surface area contributed by atoms with E-state index in [1.54, 1.807) is 71.5 Å². The van der Waals surface area contributed by atoms with E-state index in [0.717, 1.165) is 47.3 Å². The zero-order valence-corrected chi connectivity index (χ0v) is 61.3. The molecule has 3 aromatic carbocycles. The van der Waals surface area contributed by atoms with Gasteiger partial charge in [0, 0.05) is 107 Å². The number of nitrogens with zero attached hydrogens (tertiary/aromatic N) is 12. The van der Waals surface area contributed by atoms with E-state index in [1.165, 1.54) is 48.3 Å². The Labute approximate surface area is 608 Å². The van der Waals surface area contributed by atoms with Crippen molar-refractivity contribution in [3.05, 3.63) is 272 Å². The van der Waals surface area contributed by atoms with E-state index in [4.69, 9.17) is 19.0 Å². The lowest BCUT2D eigenvalue weighted by Gasteiger charge is -2.32. The summed E-state index contributed by atoms with van der Waals surface area (Å²) in [6.07, 6.45) is 28.0. The molecular weight excluding hydrogens is 1370 g/mol. The Hall–Kier alpha value is -9.67. The van der Waals surface area contributed by atoms with E-state index in [2.05, 4.69) is 177 Å². The smallest absolute Gasteiger partial charge is 0.399 e. The van der Waals surface area contributed by atoms with Gasteiger partial charge in [-0.3, -0.25) is 29.6 Å². The van der Waals surface area contributed by atoms with Crippen LogP contribution in [0.1, 0.15) is 51.3 Å². The van der Waals surface area contributed by atoms with Crippen LogP contribution in [0.25, 0.3) is 16.7 Å². The summed E-state index contributed by atoms with van der Waals surface area (Å²) in [4.78, 5) is 85.1. The van der Waals surface area contributed by atoms with Gasteiger partial charge in [0.2, 0.25) is 0 Å². The molecule has 4 aromatic heterocycles. The van der Waals surface area contributed by atoms with Gasteiger partial charge in [-0.2, -0.15) is 10.1 Å². The summed E-state index contributed by atoms with van der Waals surface area (Å²) in [5.41, 5.74) is 7.49. The minimum atomic E-state index is -1.73. The first-order valence-electron chi connectivity index (χ1n) is 34.2. The highest BCUT2D eigenvalue weighted by Gasteiger charge is 2.52. The number of fused-ring (bicyclic) bond motifs is 8. The highest BCUT2D eigenvalue weighted by molar-refractivity contribution is 9.11. The fraction of sp³-hybridized carbons (Fsp3) is 0.291. The predicted octanol–water partition coefficient (Wildman–Crippen LogP) is 11.5. The monoisotopic (exact) mass is 1450 g/mol. The zero-order valence-electron chi connectivity index (χ0n) is 58.8. The van der Waals surface area contributed by atoms with Crippen molar-refractivity contribution in [2.75, 3.05) is 79.7 Å². The van der Waals surface area contributed by atoms with Gasteiger partial charge in [0.25, 0.3) is 0 Å². The molecule has 0 spiro atoms. The van der Waals surface area contributed by atoms with Gasteiger partial charge in [-0.05, 0) is 158 Å². The fourth-order valence-corrected chi connectivity index (χ4v) is 17.6. The lowest BCUT2D eigenvalue weighted by Crippen LogP contribution is -2.41. The minimum absolute atomic E-state index is 0.0104. The number of benzene rings is 3. The van der Waals surface area contributed by atoms with Crippen LogP contribution in [0.5, 0.6) is 0 Å². The molecule has 13 heterocycles. The zero-order chi connectivity index (χ0) is 72.0. The summed E-state index contributed by atoms with van der Waals surface area (Å²) in [5.74, 6) is 2.41. The lowest BCUT2D eigenvalue weighted by molar-refractivity contribution is -0.108. The van der Waals surface area contributed by atoms with E-state index < -0.39 is 7.26 Å². The minimum Gasteiger partial charge on any atom is -0.399 e. The summed E-state index contributed by atoms with van der Waals surface area (Å²) < 4.78 is 12.8. The van der Waals surface area contributed by atoms with Gasteiger partial charge in [0.15, 0.2) is 0 Å². The molecule has 8 amide bonds. The standard InChI is InChI=1S/C21H20P.C14H15N3O2.2C12H13N3O.C11H16BNO2.C9H11BrN2O2/c1-2-18-22(19-12-6-3-7-13-19,20-14-8-4-9-15-20)21-16-10-5-11-17-21;1-2-9-19-17-13-10-16(14(17)18)8-5-12(13)11-3-6-15-7-4-11;2*1-14-11-8-15(12(14)16)7-4-10(11)9-2-5-13-6-3-9;1-10(2)11(3,4)15-12(14-10)9-5-7-13-8-6-9;1-2-5-14-12-8-6-11(9(12)13)4-3-7(8)10/h2-18H,1H3;2-7,13H,1,8-10H2;2*2-6,11H,7-8H2,1H3;5-8H,1-4H3;2-3,8H,1,4-6H2/q+1;;;;;/b18-2+;;;;;. The molecule has 0 aliphatic carbocycles. The maximum atomic E-state index is 12.1. The SMILES string of the molecule is C/C=C/[P+](c1ccccc1)(c1ccccc1)c1ccccc1.C=CCON1C(=O)N2CC=C(Br)C1C2.C=CCON1C(=O)N2CC=C(c3ccncc3)C1C2.CC1(C)OB(c2ccncc2)OC1(C)C.CN1C(=O)N2CC=C(c3ccncc3)C1C2.CN1C(=O)N2CC=C(c3ccncc3)C1C2. The Morgan fingerprint density at radius 1 is 0.480 bits per heavy atom. The Morgan fingerprint density at radius 3 is 1.18 bits per heavy atom. The maximum absolute atomic E-state index is 12.1. The number of allylic oxidation sites excluding steroid dienone is 1. The van der Waals surface area contributed by atoms with Crippen LogP contribution in [0.4, 0.5) is 19.2 Å². The van der Waals surface area contributed by atoms with Crippen LogP contribution in [0.2, 0.25) is 0 Å². The number of pyridine rings is 4. The van der Waals surface area contributed by atoms with E-state index in [1.807, 2.05) is 116 Å². The molecular formula is C79H88BBrN12O8P+. The first-order chi connectivity index (χ1) is 49.4. The van der Waals surface area contributed by atoms with Crippen molar-refractivity contribution >= 4 is 92.5 Å². The fourth-order valence-electron chi connectivity index (χ4n) is 13.4. The van der Waals surface area contributed by atoms with E-state index in [0.29, 0.717) is 39.4 Å². The van der Waals surface area contributed by atoms with Crippen LogP contribution >= 0.6 is 23.2 Å². The number of carbonyl (C=O) groups is 4. The number of hydroxylamine groups is 4. The average Bonchev–Trinajstić information content (AvgIpc) is 1.42. The molecule has 5 fully saturated rings. The number of halogens is 1. The first-order valence-corrected chi connectivity index (χ1v) is 36.8. The first kappa shape index (κ1) is 73.6. The van der Waals surface area contributed by atoms with E-state index in [9.17, 15) is 19.2 Å². The molecule has 20 nitrogen and oxygen atoms in total. The lowest BCUT2D eigenvalue weighted by atomic mass is 9.80. The molecule has 9 aliphatic heterocycles.